The number of benzene rings is 1. The molecule has 0 aliphatic carbocycles. The van der Waals surface area contributed by atoms with Crippen LogP contribution in [0.15, 0.2) is 24.3 Å². The van der Waals surface area contributed by atoms with Gasteiger partial charge in [0.2, 0.25) is 0 Å². The van der Waals surface area contributed by atoms with Crippen molar-refractivity contribution in [2.75, 3.05) is 18.6 Å². The average Bonchev–Trinajstić information content (AvgIpc) is 2.34. The summed E-state index contributed by atoms with van der Waals surface area (Å²) in [7, 11) is 0. The fourth-order valence-corrected chi connectivity index (χ4v) is 1.25. The summed E-state index contributed by atoms with van der Waals surface area (Å²) >= 11 is 0. The van der Waals surface area contributed by atoms with Crippen LogP contribution in [-0.4, -0.2) is 35.6 Å². The van der Waals surface area contributed by atoms with E-state index in [4.69, 9.17) is 9.94 Å². The van der Waals surface area contributed by atoms with Gasteiger partial charge in [-0.1, -0.05) is 13.8 Å². The molecule has 0 heterocycles. The Morgan fingerprint density at radius 3 is 2.41 bits per heavy atom. The molecule has 0 spiro atoms. The number of anilines is 1. The highest BCUT2D eigenvalue weighted by atomic mass is 16.5. The smallest absolute Gasteiger partial charge is 0.119 e. The van der Waals surface area contributed by atoms with Crippen molar-refractivity contribution in [1.82, 2.24) is 5.32 Å². The molecule has 0 aliphatic rings. The summed E-state index contributed by atoms with van der Waals surface area (Å²) in [5.41, 5.74) is 2.63. The van der Waals surface area contributed by atoms with E-state index in [1.165, 1.54) is 0 Å². The first-order chi connectivity index (χ1) is 8.11. The second kappa shape index (κ2) is 7.11. The van der Waals surface area contributed by atoms with Gasteiger partial charge < -0.3 is 15.2 Å². The van der Waals surface area contributed by atoms with E-state index in [9.17, 15) is 5.11 Å². The van der Waals surface area contributed by atoms with Gasteiger partial charge >= 0.3 is 0 Å². The zero-order chi connectivity index (χ0) is 12.7. The van der Waals surface area contributed by atoms with Gasteiger partial charge in [0.15, 0.2) is 0 Å². The van der Waals surface area contributed by atoms with E-state index in [-0.39, 0.29) is 6.61 Å². The Bertz CT molecular complexity index is 314. The molecule has 0 saturated heterocycles. The van der Waals surface area contributed by atoms with Crippen LogP contribution in [0.2, 0.25) is 0 Å². The van der Waals surface area contributed by atoms with Gasteiger partial charge in [0, 0.05) is 12.6 Å². The summed E-state index contributed by atoms with van der Waals surface area (Å²) in [6.45, 7) is 4.79. The highest BCUT2D eigenvalue weighted by molar-refractivity contribution is 5.44. The van der Waals surface area contributed by atoms with Gasteiger partial charge in [-0.05, 0) is 24.3 Å². The quantitative estimate of drug-likeness (QED) is 0.539. The molecule has 1 atom stereocenters. The number of ether oxygens (including phenoxy) is 1. The Kier molecular flexibility index (Phi) is 5.76. The predicted molar refractivity (Wildman–Crippen MR) is 66.5 cm³/mol. The summed E-state index contributed by atoms with van der Waals surface area (Å²) in [5, 5.41) is 21.4. The summed E-state index contributed by atoms with van der Waals surface area (Å²) in [6.07, 6.45) is -0.534. The lowest BCUT2D eigenvalue weighted by Gasteiger charge is -2.15. The molecule has 0 fully saturated rings. The lowest BCUT2D eigenvalue weighted by Crippen LogP contribution is -2.35. The van der Waals surface area contributed by atoms with Gasteiger partial charge in [-0.2, -0.15) is 0 Å². The Balaban J connectivity index is 2.29. The maximum Gasteiger partial charge on any atom is 0.119 e. The van der Waals surface area contributed by atoms with Gasteiger partial charge in [0.05, 0.1) is 5.69 Å². The van der Waals surface area contributed by atoms with Crippen LogP contribution >= 0.6 is 0 Å². The molecular formula is C12H20N2O3. The molecule has 1 aromatic carbocycles. The standard InChI is InChI=1S/C12H20N2O3/c1-9(2)13-7-11(15)8-17-12-5-3-10(14-16)4-6-12/h3-6,9,11,13-16H,7-8H2,1-2H3. The first-order valence-corrected chi connectivity index (χ1v) is 5.66. The minimum atomic E-state index is -0.534. The van der Waals surface area contributed by atoms with Crippen LogP contribution in [0.3, 0.4) is 0 Å². The maximum absolute atomic E-state index is 9.62. The average molecular weight is 240 g/mol. The fraction of sp³-hybridized carbons (Fsp3) is 0.500. The van der Waals surface area contributed by atoms with Crippen LogP contribution in [-0.2, 0) is 0 Å². The molecule has 5 heteroatoms. The molecule has 1 rings (SSSR count). The molecule has 0 saturated carbocycles. The zero-order valence-electron chi connectivity index (χ0n) is 10.2. The topological polar surface area (TPSA) is 73.8 Å². The lowest BCUT2D eigenvalue weighted by atomic mass is 10.3. The van der Waals surface area contributed by atoms with E-state index in [0.717, 1.165) is 0 Å². The van der Waals surface area contributed by atoms with Crippen molar-refractivity contribution >= 4 is 5.69 Å². The third-order valence-corrected chi connectivity index (χ3v) is 2.19. The molecule has 0 bridgehead atoms. The highest BCUT2D eigenvalue weighted by Crippen LogP contribution is 2.14. The van der Waals surface area contributed by atoms with E-state index in [0.29, 0.717) is 24.0 Å². The van der Waals surface area contributed by atoms with E-state index in [1.54, 1.807) is 24.3 Å². The molecular weight excluding hydrogens is 220 g/mol. The highest BCUT2D eigenvalue weighted by Gasteiger charge is 2.05. The van der Waals surface area contributed by atoms with Crippen LogP contribution in [0.5, 0.6) is 5.75 Å². The molecule has 96 valence electrons. The van der Waals surface area contributed by atoms with Crippen molar-refractivity contribution in [2.24, 2.45) is 0 Å². The third-order valence-electron chi connectivity index (χ3n) is 2.19. The zero-order valence-corrected chi connectivity index (χ0v) is 10.2. The largest absolute Gasteiger partial charge is 0.491 e. The maximum atomic E-state index is 9.62. The van der Waals surface area contributed by atoms with Crippen LogP contribution in [0.25, 0.3) is 0 Å². The second-order valence-corrected chi connectivity index (χ2v) is 4.16. The van der Waals surface area contributed by atoms with Gasteiger partial charge in [0.25, 0.3) is 0 Å². The molecule has 1 unspecified atom stereocenters. The van der Waals surface area contributed by atoms with E-state index < -0.39 is 6.10 Å². The van der Waals surface area contributed by atoms with Crippen molar-refractivity contribution in [1.29, 1.82) is 0 Å². The van der Waals surface area contributed by atoms with Crippen molar-refractivity contribution in [2.45, 2.75) is 26.0 Å². The summed E-state index contributed by atoms with van der Waals surface area (Å²) in [4.78, 5) is 0. The normalized spacial score (nSPS) is 12.5. The minimum absolute atomic E-state index is 0.242. The van der Waals surface area contributed by atoms with Crippen LogP contribution < -0.4 is 15.5 Å². The minimum Gasteiger partial charge on any atom is -0.491 e. The number of nitrogens with one attached hydrogen (secondary N) is 2. The molecule has 1 aromatic rings. The van der Waals surface area contributed by atoms with Gasteiger partial charge in [-0.25, -0.2) is 0 Å². The first-order valence-electron chi connectivity index (χ1n) is 5.66. The number of hydrogen-bond donors (Lipinski definition) is 4. The van der Waals surface area contributed by atoms with Crippen LogP contribution in [0, 0.1) is 0 Å². The van der Waals surface area contributed by atoms with Gasteiger partial charge in [-0.3, -0.25) is 10.7 Å². The Morgan fingerprint density at radius 1 is 1.24 bits per heavy atom. The summed E-state index contributed by atoms with van der Waals surface area (Å²) in [6, 6.07) is 7.17. The monoisotopic (exact) mass is 240 g/mol. The Morgan fingerprint density at radius 2 is 1.88 bits per heavy atom. The third kappa shape index (κ3) is 5.53. The summed E-state index contributed by atoms with van der Waals surface area (Å²) < 4.78 is 5.40. The van der Waals surface area contributed by atoms with Crippen molar-refractivity contribution in [3.8, 4) is 5.75 Å². The van der Waals surface area contributed by atoms with Crippen molar-refractivity contribution in [3.05, 3.63) is 24.3 Å². The van der Waals surface area contributed by atoms with E-state index >= 15 is 0 Å². The van der Waals surface area contributed by atoms with Crippen molar-refractivity contribution < 1.29 is 15.1 Å². The summed E-state index contributed by atoms with van der Waals surface area (Å²) in [5.74, 6) is 0.660. The fourth-order valence-electron chi connectivity index (χ4n) is 1.25. The van der Waals surface area contributed by atoms with Gasteiger partial charge in [-0.15, -0.1) is 0 Å². The van der Waals surface area contributed by atoms with Crippen LogP contribution in [0.1, 0.15) is 13.8 Å². The molecule has 5 nitrogen and oxygen atoms in total. The van der Waals surface area contributed by atoms with Gasteiger partial charge in [0.1, 0.15) is 18.5 Å². The van der Waals surface area contributed by atoms with E-state index in [1.807, 2.05) is 19.3 Å². The van der Waals surface area contributed by atoms with E-state index in [2.05, 4.69) is 5.32 Å². The predicted octanol–water partition coefficient (Wildman–Crippen LogP) is 1.23. The lowest BCUT2D eigenvalue weighted by molar-refractivity contribution is 0.104. The molecule has 0 aromatic heterocycles. The molecule has 0 amide bonds. The van der Waals surface area contributed by atoms with Crippen LogP contribution in [0.4, 0.5) is 5.69 Å². The molecule has 0 aliphatic heterocycles. The molecule has 0 radical (unpaired) electrons. The molecule has 4 N–H and O–H groups in total. The Labute approximate surface area is 101 Å². The Hall–Kier alpha value is -1.30. The number of aliphatic hydroxyl groups is 1. The second-order valence-electron chi connectivity index (χ2n) is 4.16. The van der Waals surface area contributed by atoms with Crippen molar-refractivity contribution in [3.63, 3.8) is 0 Å². The number of rotatable bonds is 7. The SMILES string of the molecule is CC(C)NCC(O)COc1ccc(NO)cc1. The first kappa shape index (κ1) is 13.8. The number of hydrogen-bond acceptors (Lipinski definition) is 5. The molecule has 17 heavy (non-hydrogen) atoms. The number of aliphatic hydroxyl groups excluding tert-OH is 1.